The second-order valence-corrected chi connectivity index (χ2v) is 6.73. The zero-order valence-corrected chi connectivity index (χ0v) is 14.0. The molecule has 2 fully saturated rings. The molecule has 0 spiro atoms. The lowest BCUT2D eigenvalue weighted by Crippen LogP contribution is -2.41. The largest absolute Gasteiger partial charge is 0.381 e. The van der Waals surface area contributed by atoms with E-state index in [1.165, 1.54) is 0 Å². The summed E-state index contributed by atoms with van der Waals surface area (Å²) in [6, 6.07) is 6.47. The van der Waals surface area contributed by atoms with Crippen LogP contribution in [0.3, 0.4) is 0 Å². The van der Waals surface area contributed by atoms with Crippen LogP contribution >= 0.6 is 0 Å². The first kappa shape index (κ1) is 16.2. The molecule has 0 aliphatic carbocycles. The minimum absolute atomic E-state index is 0.212. The van der Waals surface area contributed by atoms with Crippen molar-refractivity contribution >= 4 is 11.7 Å². The molecule has 3 heterocycles. The molecule has 3 rings (SSSR count). The normalized spacial score (nSPS) is 20.5. The molecule has 0 unspecified atom stereocenters. The lowest BCUT2D eigenvalue weighted by atomic mass is 9.93. The summed E-state index contributed by atoms with van der Waals surface area (Å²) in [6.07, 6.45) is 4.69. The second-order valence-electron chi connectivity index (χ2n) is 6.73. The van der Waals surface area contributed by atoms with E-state index in [2.05, 4.69) is 27.3 Å². The maximum atomic E-state index is 12.2. The van der Waals surface area contributed by atoms with Gasteiger partial charge in [-0.25, -0.2) is 4.98 Å². The number of ether oxygens (including phenoxy) is 1. The van der Waals surface area contributed by atoms with Crippen LogP contribution in [0, 0.1) is 12.8 Å². The molecule has 0 bridgehead atoms. The van der Waals surface area contributed by atoms with E-state index in [0.29, 0.717) is 18.4 Å². The van der Waals surface area contributed by atoms with E-state index >= 15 is 0 Å². The zero-order valence-electron chi connectivity index (χ0n) is 14.0. The molecule has 1 amide bonds. The third-order valence-electron chi connectivity index (χ3n) is 4.87. The molecule has 1 aromatic rings. The smallest absolute Gasteiger partial charge is 0.220 e. The molecule has 23 heavy (non-hydrogen) atoms. The molecule has 0 radical (unpaired) electrons. The SMILES string of the molecule is Cc1cccc(N2CCC(CC(=O)NC3CCOCC3)CC2)n1. The number of pyridine rings is 1. The maximum absolute atomic E-state index is 12.2. The summed E-state index contributed by atoms with van der Waals surface area (Å²) in [4.78, 5) is 19.1. The monoisotopic (exact) mass is 317 g/mol. The average molecular weight is 317 g/mol. The Morgan fingerprint density at radius 1 is 1.26 bits per heavy atom. The van der Waals surface area contributed by atoms with Crippen molar-refractivity contribution in [2.75, 3.05) is 31.2 Å². The highest BCUT2D eigenvalue weighted by molar-refractivity contribution is 5.76. The van der Waals surface area contributed by atoms with Crippen LogP contribution in [-0.2, 0) is 9.53 Å². The molecule has 1 aromatic heterocycles. The number of carbonyl (C=O) groups is 1. The number of hydrogen-bond donors (Lipinski definition) is 1. The number of piperidine rings is 1. The molecule has 2 aliphatic heterocycles. The fourth-order valence-electron chi connectivity index (χ4n) is 3.46. The van der Waals surface area contributed by atoms with Crippen LogP contribution in [0.4, 0.5) is 5.82 Å². The van der Waals surface area contributed by atoms with Crippen LogP contribution in [-0.4, -0.2) is 43.2 Å². The predicted molar refractivity (Wildman–Crippen MR) is 90.5 cm³/mol. The maximum Gasteiger partial charge on any atom is 0.220 e. The summed E-state index contributed by atoms with van der Waals surface area (Å²) in [5.41, 5.74) is 1.06. The molecule has 0 atom stereocenters. The Kier molecular flexibility index (Phi) is 5.49. The predicted octanol–water partition coefficient (Wildman–Crippen LogP) is 2.29. The van der Waals surface area contributed by atoms with Gasteiger partial charge in [0, 0.05) is 44.5 Å². The van der Waals surface area contributed by atoms with Gasteiger partial charge in [-0.1, -0.05) is 6.07 Å². The number of aryl methyl sites for hydroxylation is 1. The van der Waals surface area contributed by atoms with Gasteiger partial charge in [-0.2, -0.15) is 0 Å². The van der Waals surface area contributed by atoms with E-state index in [1.54, 1.807) is 0 Å². The zero-order chi connectivity index (χ0) is 16.1. The van der Waals surface area contributed by atoms with Gasteiger partial charge in [-0.15, -0.1) is 0 Å². The van der Waals surface area contributed by atoms with Gasteiger partial charge in [0.2, 0.25) is 5.91 Å². The molecule has 5 heteroatoms. The summed E-state index contributed by atoms with van der Waals surface area (Å²) in [7, 11) is 0. The topological polar surface area (TPSA) is 54.5 Å². The highest BCUT2D eigenvalue weighted by Crippen LogP contribution is 2.24. The summed E-state index contributed by atoms with van der Waals surface area (Å²) in [6.45, 7) is 5.55. The first-order valence-electron chi connectivity index (χ1n) is 8.76. The Morgan fingerprint density at radius 3 is 2.70 bits per heavy atom. The van der Waals surface area contributed by atoms with E-state index in [1.807, 2.05) is 13.0 Å². The van der Waals surface area contributed by atoms with E-state index in [-0.39, 0.29) is 5.91 Å². The Hall–Kier alpha value is -1.62. The number of hydrogen-bond acceptors (Lipinski definition) is 4. The van der Waals surface area contributed by atoms with Crippen molar-refractivity contribution in [2.24, 2.45) is 5.92 Å². The van der Waals surface area contributed by atoms with Crippen LogP contribution < -0.4 is 10.2 Å². The summed E-state index contributed by atoms with van der Waals surface area (Å²) < 4.78 is 5.33. The lowest BCUT2D eigenvalue weighted by molar-refractivity contribution is -0.123. The van der Waals surface area contributed by atoms with E-state index in [0.717, 1.165) is 63.5 Å². The molecule has 2 aliphatic rings. The molecule has 0 saturated carbocycles. The molecular weight excluding hydrogens is 290 g/mol. The van der Waals surface area contributed by atoms with E-state index < -0.39 is 0 Å². The third-order valence-corrected chi connectivity index (χ3v) is 4.87. The number of nitrogens with one attached hydrogen (secondary N) is 1. The van der Waals surface area contributed by atoms with Crippen LogP contribution in [0.25, 0.3) is 0 Å². The number of nitrogens with zero attached hydrogens (tertiary/aromatic N) is 2. The molecule has 5 nitrogen and oxygen atoms in total. The highest BCUT2D eigenvalue weighted by Gasteiger charge is 2.23. The molecular formula is C18H27N3O2. The first-order chi connectivity index (χ1) is 11.2. The fourth-order valence-corrected chi connectivity index (χ4v) is 3.46. The Morgan fingerprint density at radius 2 is 2.00 bits per heavy atom. The summed E-state index contributed by atoms with van der Waals surface area (Å²) >= 11 is 0. The van der Waals surface area contributed by atoms with Crippen molar-refractivity contribution in [3.8, 4) is 0 Å². The first-order valence-corrected chi connectivity index (χ1v) is 8.76. The van der Waals surface area contributed by atoms with Gasteiger partial charge in [0.1, 0.15) is 5.82 Å². The number of rotatable bonds is 4. The average Bonchev–Trinajstić information content (AvgIpc) is 2.56. The minimum atomic E-state index is 0.212. The van der Waals surface area contributed by atoms with Crippen LogP contribution in [0.1, 0.15) is 37.8 Å². The molecule has 126 valence electrons. The quantitative estimate of drug-likeness (QED) is 0.926. The van der Waals surface area contributed by atoms with Crippen LogP contribution in [0.2, 0.25) is 0 Å². The standard InChI is InChI=1S/C18H27N3O2/c1-14-3-2-4-17(19-14)21-9-5-15(6-10-21)13-18(22)20-16-7-11-23-12-8-16/h2-4,15-16H,5-13H2,1H3,(H,20,22). The third kappa shape index (κ3) is 4.67. The van der Waals surface area contributed by atoms with Crippen molar-refractivity contribution in [3.63, 3.8) is 0 Å². The lowest BCUT2D eigenvalue weighted by Gasteiger charge is -2.33. The Bertz CT molecular complexity index is 521. The van der Waals surface area contributed by atoms with Crippen molar-refractivity contribution in [2.45, 2.75) is 45.1 Å². The summed E-state index contributed by atoms with van der Waals surface area (Å²) in [5, 5.41) is 3.17. The Labute approximate surface area is 138 Å². The second kappa shape index (κ2) is 7.77. The van der Waals surface area contributed by atoms with Gasteiger partial charge < -0.3 is 15.0 Å². The van der Waals surface area contributed by atoms with Crippen molar-refractivity contribution in [3.05, 3.63) is 23.9 Å². The van der Waals surface area contributed by atoms with Crippen LogP contribution in [0.5, 0.6) is 0 Å². The molecule has 2 saturated heterocycles. The Balaban J connectivity index is 1.42. The number of anilines is 1. The van der Waals surface area contributed by atoms with Gasteiger partial charge in [-0.05, 0) is 50.7 Å². The van der Waals surface area contributed by atoms with Gasteiger partial charge in [0.25, 0.3) is 0 Å². The number of aromatic nitrogens is 1. The van der Waals surface area contributed by atoms with Gasteiger partial charge in [0.15, 0.2) is 0 Å². The van der Waals surface area contributed by atoms with Gasteiger partial charge in [-0.3, -0.25) is 4.79 Å². The van der Waals surface area contributed by atoms with E-state index in [9.17, 15) is 4.79 Å². The van der Waals surface area contributed by atoms with Crippen LogP contribution in [0.15, 0.2) is 18.2 Å². The van der Waals surface area contributed by atoms with Crippen molar-refractivity contribution < 1.29 is 9.53 Å². The number of carbonyl (C=O) groups excluding carboxylic acids is 1. The van der Waals surface area contributed by atoms with E-state index in [4.69, 9.17) is 4.74 Å². The van der Waals surface area contributed by atoms with Crippen molar-refractivity contribution in [1.82, 2.24) is 10.3 Å². The van der Waals surface area contributed by atoms with Crippen molar-refractivity contribution in [1.29, 1.82) is 0 Å². The minimum Gasteiger partial charge on any atom is -0.381 e. The molecule has 1 N–H and O–H groups in total. The number of amides is 1. The fraction of sp³-hybridized carbons (Fsp3) is 0.667. The highest BCUT2D eigenvalue weighted by atomic mass is 16.5. The van der Waals surface area contributed by atoms with Gasteiger partial charge in [0.05, 0.1) is 0 Å². The molecule has 0 aromatic carbocycles. The van der Waals surface area contributed by atoms with Gasteiger partial charge >= 0.3 is 0 Å². The summed E-state index contributed by atoms with van der Waals surface area (Å²) in [5.74, 6) is 1.77.